The minimum Gasteiger partial charge on any atom is -0.466 e. The number of piperidine rings is 1. The van der Waals surface area contributed by atoms with Gasteiger partial charge in [-0.05, 0) is 43.5 Å². The summed E-state index contributed by atoms with van der Waals surface area (Å²) in [4.78, 5) is 1.66. The molecular formula is C20H28N4O2+2. The van der Waals surface area contributed by atoms with Gasteiger partial charge in [-0.2, -0.15) is 0 Å². The maximum absolute atomic E-state index is 10.5. The summed E-state index contributed by atoms with van der Waals surface area (Å²) >= 11 is 0. The average molecular weight is 356 g/mol. The number of rotatable bonds is 6. The minimum atomic E-state index is -0.718. The van der Waals surface area contributed by atoms with Gasteiger partial charge in [0.1, 0.15) is 42.5 Å². The van der Waals surface area contributed by atoms with E-state index in [4.69, 9.17) is 10.2 Å². The SMILES string of the molecule is Nc1n(CC[NH+]2CCCCC2)c2ccccc2[n+]1C[C@@H](O)c1ccco1. The van der Waals surface area contributed by atoms with E-state index >= 15 is 0 Å². The predicted octanol–water partition coefficient (Wildman–Crippen LogP) is 0.906. The number of nitrogens with two attached hydrogens (primary N) is 1. The molecule has 1 saturated heterocycles. The number of aliphatic hydroxyl groups is 1. The zero-order valence-electron chi connectivity index (χ0n) is 15.1. The molecule has 0 bridgehead atoms. The van der Waals surface area contributed by atoms with Crippen molar-refractivity contribution < 1.29 is 19.0 Å². The Balaban J connectivity index is 1.60. The number of imidazole rings is 1. The van der Waals surface area contributed by atoms with Gasteiger partial charge >= 0.3 is 5.95 Å². The molecule has 0 saturated carbocycles. The highest BCUT2D eigenvalue weighted by atomic mass is 16.4. The van der Waals surface area contributed by atoms with E-state index < -0.39 is 6.10 Å². The molecule has 0 radical (unpaired) electrons. The highest BCUT2D eigenvalue weighted by Gasteiger charge is 2.25. The number of aliphatic hydroxyl groups excluding tert-OH is 1. The van der Waals surface area contributed by atoms with Crippen molar-refractivity contribution in [3.63, 3.8) is 0 Å². The van der Waals surface area contributed by atoms with Crippen LogP contribution in [-0.4, -0.2) is 29.3 Å². The van der Waals surface area contributed by atoms with E-state index in [-0.39, 0.29) is 0 Å². The Morgan fingerprint density at radius 1 is 1.15 bits per heavy atom. The number of fused-ring (bicyclic) bond motifs is 1. The summed E-state index contributed by atoms with van der Waals surface area (Å²) in [6.45, 7) is 4.88. The molecule has 1 aliphatic heterocycles. The van der Waals surface area contributed by atoms with Crippen LogP contribution in [0.5, 0.6) is 0 Å². The van der Waals surface area contributed by atoms with Gasteiger partial charge in [-0.1, -0.05) is 12.1 Å². The standard InChI is InChI=1S/C20H26N4O2/c21-20-23(13-12-22-10-4-1-5-11-22)16-7-2-3-8-17(16)24(20)15-18(25)19-9-6-14-26-19/h2-3,6-9,14,18,21,25H,1,4-5,10-13,15H2/p+2/t18-/m1/s1. The number of anilines is 1. The normalized spacial score (nSPS) is 17.0. The number of nitrogens with one attached hydrogen (secondary N) is 1. The molecule has 1 atom stereocenters. The topological polar surface area (TPSA) is 72.6 Å². The fourth-order valence-corrected chi connectivity index (χ4v) is 4.06. The summed E-state index contributed by atoms with van der Waals surface area (Å²) < 4.78 is 9.52. The highest BCUT2D eigenvalue weighted by molar-refractivity contribution is 5.73. The molecule has 2 aromatic heterocycles. The van der Waals surface area contributed by atoms with E-state index in [1.54, 1.807) is 23.3 Å². The molecule has 1 aliphatic rings. The van der Waals surface area contributed by atoms with Crippen LogP contribution < -0.4 is 15.2 Å². The second kappa shape index (κ2) is 7.51. The van der Waals surface area contributed by atoms with Crippen LogP contribution >= 0.6 is 0 Å². The Bertz CT molecular complexity index is 850. The fourth-order valence-electron chi connectivity index (χ4n) is 4.06. The Morgan fingerprint density at radius 2 is 1.96 bits per heavy atom. The van der Waals surface area contributed by atoms with Crippen LogP contribution in [0.25, 0.3) is 11.0 Å². The Labute approximate surface area is 153 Å². The van der Waals surface area contributed by atoms with Gasteiger partial charge in [-0.3, -0.25) is 5.73 Å². The van der Waals surface area contributed by atoms with Gasteiger partial charge in [-0.15, -0.1) is 0 Å². The molecule has 3 aromatic rings. The van der Waals surface area contributed by atoms with Gasteiger partial charge in [0.2, 0.25) is 0 Å². The summed E-state index contributed by atoms with van der Waals surface area (Å²) in [7, 11) is 0. The molecule has 6 nitrogen and oxygen atoms in total. The summed E-state index contributed by atoms with van der Waals surface area (Å²) in [5.41, 5.74) is 8.67. The lowest BCUT2D eigenvalue weighted by atomic mass is 10.1. The first kappa shape index (κ1) is 17.1. The van der Waals surface area contributed by atoms with E-state index in [0.717, 1.165) is 24.1 Å². The van der Waals surface area contributed by atoms with E-state index in [9.17, 15) is 5.11 Å². The van der Waals surface area contributed by atoms with E-state index in [1.807, 2.05) is 16.7 Å². The van der Waals surface area contributed by atoms with Crippen LogP contribution in [0.2, 0.25) is 0 Å². The summed E-state index contributed by atoms with van der Waals surface area (Å²) in [5, 5.41) is 10.5. The largest absolute Gasteiger partial charge is 0.466 e. The number of furan rings is 1. The third-order valence-electron chi connectivity index (χ3n) is 5.49. The number of nitrogen functional groups attached to an aromatic ring is 1. The van der Waals surface area contributed by atoms with Crippen molar-refractivity contribution in [1.82, 2.24) is 4.57 Å². The maximum atomic E-state index is 10.5. The van der Waals surface area contributed by atoms with Crippen molar-refractivity contribution in [3.8, 4) is 0 Å². The van der Waals surface area contributed by atoms with Gasteiger partial charge in [0, 0.05) is 0 Å². The molecule has 0 amide bonds. The quantitative estimate of drug-likeness (QED) is 0.575. The molecular weight excluding hydrogens is 328 g/mol. The smallest absolute Gasteiger partial charge is 0.356 e. The number of likely N-dealkylation sites (tertiary alicyclic amines) is 1. The number of benzene rings is 1. The number of hydrogen-bond donors (Lipinski definition) is 3. The van der Waals surface area contributed by atoms with Crippen LogP contribution in [0.3, 0.4) is 0 Å². The zero-order valence-corrected chi connectivity index (χ0v) is 15.1. The predicted molar refractivity (Wildman–Crippen MR) is 99.6 cm³/mol. The van der Waals surface area contributed by atoms with Crippen molar-refractivity contribution in [2.75, 3.05) is 25.4 Å². The minimum absolute atomic E-state index is 0.378. The first-order valence-electron chi connectivity index (χ1n) is 9.55. The number of quaternary nitrogens is 1. The molecule has 1 aromatic carbocycles. The molecule has 1 fully saturated rings. The third kappa shape index (κ3) is 3.34. The second-order valence-corrected chi connectivity index (χ2v) is 7.20. The second-order valence-electron chi connectivity index (χ2n) is 7.20. The first-order valence-corrected chi connectivity index (χ1v) is 9.55. The fraction of sp³-hybridized carbons (Fsp3) is 0.450. The van der Waals surface area contributed by atoms with Crippen molar-refractivity contribution in [2.24, 2.45) is 0 Å². The third-order valence-corrected chi connectivity index (χ3v) is 5.49. The van der Waals surface area contributed by atoms with Crippen molar-refractivity contribution in [3.05, 3.63) is 48.4 Å². The molecule has 3 heterocycles. The molecule has 26 heavy (non-hydrogen) atoms. The Hall–Kier alpha value is -2.31. The monoisotopic (exact) mass is 356 g/mol. The van der Waals surface area contributed by atoms with Gasteiger partial charge < -0.3 is 14.4 Å². The lowest BCUT2D eigenvalue weighted by Gasteiger charge is -2.22. The van der Waals surface area contributed by atoms with Crippen LogP contribution in [0.4, 0.5) is 5.95 Å². The lowest BCUT2D eigenvalue weighted by molar-refractivity contribution is -0.905. The molecule has 138 valence electrons. The zero-order chi connectivity index (χ0) is 17.9. The molecule has 0 spiro atoms. The molecule has 4 rings (SSSR count). The van der Waals surface area contributed by atoms with Crippen LogP contribution in [0, 0.1) is 0 Å². The molecule has 0 unspecified atom stereocenters. The molecule has 6 heteroatoms. The number of hydrogen-bond acceptors (Lipinski definition) is 3. The Morgan fingerprint density at radius 3 is 2.73 bits per heavy atom. The van der Waals surface area contributed by atoms with Crippen LogP contribution in [0.15, 0.2) is 47.1 Å². The van der Waals surface area contributed by atoms with Gasteiger partial charge in [0.15, 0.2) is 0 Å². The maximum Gasteiger partial charge on any atom is 0.356 e. The van der Waals surface area contributed by atoms with Crippen LogP contribution in [0.1, 0.15) is 31.1 Å². The average Bonchev–Trinajstić information content (AvgIpc) is 3.29. The van der Waals surface area contributed by atoms with Crippen LogP contribution in [-0.2, 0) is 13.1 Å². The van der Waals surface area contributed by atoms with Crippen molar-refractivity contribution in [2.45, 2.75) is 38.5 Å². The first-order chi connectivity index (χ1) is 12.7. The molecule has 4 N–H and O–H groups in total. The van der Waals surface area contributed by atoms with E-state index in [0.29, 0.717) is 18.3 Å². The van der Waals surface area contributed by atoms with Crippen molar-refractivity contribution in [1.29, 1.82) is 0 Å². The van der Waals surface area contributed by atoms with Crippen molar-refractivity contribution >= 4 is 17.0 Å². The highest BCUT2D eigenvalue weighted by Crippen LogP contribution is 2.19. The lowest BCUT2D eigenvalue weighted by Crippen LogP contribution is -3.13. The Kier molecular flexibility index (Phi) is 4.95. The summed E-state index contributed by atoms with van der Waals surface area (Å²) in [6, 6.07) is 11.8. The summed E-state index contributed by atoms with van der Waals surface area (Å²) in [6.07, 6.45) is 4.88. The number of para-hydroxylation sites is 2. The van der Waals surface area contributed by atoms with E-state index in [1.165, 1.54) is 32.4 Å². The van der Waals surface area contributed by atoms with Gasteiger partial charge in [0.25, 0.3) is 0 Å². The number of aromatic nitrogens is 2. The van der Waals surface area contributed by atoms with Gasteiger partial charge in [0.05, 0.1) is 19.4 Å². The van der Waals surface area contributed by atoms with Gasteiger partial charge in [-0.25, -0.2) is 9.13 Å². The van der Waals surface area contributed by atoms with E-state index in [2.05, 4.69) is 16.7 Å². The number of nitrogens with zero attached hydrogens (tertiary/aromatic N) is 2. The molecule has 0 aliphatic carbocycles. The summed E-state index contributed by atoms with van der Waals surface area (Å²) in [5.74, 6) is 1.25.